The lowest BCUT2D eigenvalue weighted by Crippen LogP contribution is -2.04. The van der Waals surface area contributed by atoms with Crippen LogP contribution in [-0.4, -0.2) is 16.1 Å². The van der Waals surface area contributed by atoms with Gasteiger partial charge < -0.3 is 14.3 Å². The molecule has 162 valence electrons. The lowest BCUT2D eigenvalue weighted by atomic mass is 9.84. The van der Waals surface area contributed by atoms with E-state index in [0.29, 0.717) is 23.1 Å². The molecule has 1 heterocycles. The Kier molecular flexibility index (Phi) is 6.70. The lowest BCUT2D eigenvalue weighted by molar-refractivity contribution is -0.136. The van der Waals surface area contributed by atoms with E-state index in [4.69, 9.17) is 19.2 Å². The molecule has 1 aliphatic carbocycles. The van der Waals surface area contributed by atoms with E-state index >= 15 is 0 Å². The third kappa shape index (κ3) is 5.35. The van der Waals surface area contributed by atoms with Crippen molar-refractivity contribution in [1.82, 2.24) is 4.98 Å². The van der Waals surface area contributed by atoms with Crippen molar-refractivity contribution < 1.29 is 19.1 Å². The number of carbonyl (C=O) groups is 1. The molecular formula is C26H29NO4. The van der Waals surface area contributed by atoms with Gasteiger partial charge in [0.2, 0.25) is 5.89 Å². The second kappa shape index (κ2) is 9.82. The summed E-state index contributed by atoms with van der Waals surface area (Å²) in [5.41, 5.74) is 3.87. The summed E-state index contributed by atoms with van der Waals surface area (Å²) in [5.74, 6) is 1.88. The van der Waals surface area contributed by atoms with Crippen molar-refractivity contribution in [2.75, 3.05) is 0 Å². The van der Waals surface area contributed by atoms with Crippen molar-refractivity contribution in [2.45, 2.75) is 64.4 Å². The van der Waals surface area contributed by atoms with Crippen LogP contribution in [0.5, 0.6) is 5.75 Å². The van der Waals surface area contributed by atoms with Gasteiger partial charge in [-0.2, -0.15) is 0 Å². The monoisotopic (exact) mass is 419 g/mol. The maximum absolute atomic E-state index is 10.9. The molecule has 0 saturated heterocycles. The lowest BCUT2D eigenvalue weighted by Gasteiger charge is -2.21. The van der Waals surface area contributed by atoms with Crippen LogP contribution >= 0.6 is 0 Å². The molecule has 0 bridgehead atoms. The van der Waals surface area contributed by atoms with E-state index in [1.165, 1.54) is 37.7 Å². The third-order valence-corrected chi connectivity index (χ3v) is 5.96. The fraction of sp³-hybridized carbons (Fsp3) is 0.385. The number of hydrogen-bond donors (Lipinski definition) is 1. The summed E-state index contributed by atoms with van der Waals surface area (Å²) in [6, 6.07) is 15.8. The van der Waals surface area contributed by atoms with E-state index < -0.39 is 5.97 Å². The van der Waals surface area contributed by atoms with Crippen LogP contribution < -0.4 is 4.74 Å². The Bertz CT molecular complexity index is 1020. The average Bonchev–Trinajstić information content (AvgIpc) is 3.21. The standard InChI is InChI=1S/C26H29NO4/c1-2-24-23(17-30-22-10-6-7-18(15-22)16-25(28)29)27-26(31-24)21-13-11-20(12-14-21)19-8-4-3-5-9-19/h6-7,10-15,19H,2-5,8-9,16-17H2,1H3,(H,28,29). The molecule has 3 aromatic rings. The van der Waals surface area contributed by atoms with Crippen LogP contribution in [0, 0.1) is 0 Å². The first-order chi connectivity index (χ1) is 15.1. The zero-order valence-electron chi connectivity index (χ0n) is 18.0. The SMILES string of the molecule is CCc1oc(-c2ccc(C3CCCCC3)cc2)nc1COc1cccc(CC(=O)O)c1. The van der Waals surface area contributed by atoms with Crippen molar-refractivity contribution in [3.63, 3.8) is 0 Å². The predicted octanol–water partition coefficient (Wildman–Crippen LogP) is 6.16. The number of aliphatic carboxylic acids is 1. The maximum Gasteiger partial charge on any atom is 0.307 e. The first-order valence-corrected chi connectivity index (χ1v) is 11.1. The number of carboxylic acid groups (broad SMARTS) is 1. The van der Waals surface area contributed by atoms with Gasteiger partial charge in [0.25, 0.3) is 0 Å². The summed E-state index contributed by atoms with van der Waals surface area (Å²) in [4.78, 5) is 15.6. The molecule has 4 rings (SSSR count). The van der Waals surface area contributed by atoms with E-state index in [1.807, 2.05) is 13.0 Å². The van der Waals surface area contributed by atoms with Gasteiger partial charge in [-0.15, -0.1) is 0 Å². The molecule has 0 aliphatic heterocycles. The minimum absolute atomic E-state index is 0.0254. The van der Waals surface area contributed by atoms with Crippen molar-refractivity contribution in [2.24, 2.45) is 0 Å². The quantitative estimate of drug-likeness (QED) is 0.473. The molecule has 5 heteroatoms. The largest absolute Gasteiger partial charge is 0.487 e. The number of oxazole rings is 1. The van der Waals surface area contributed by atoms with Gasteiger partial charge in [-0.05, 0) is 54.2 Å². The van der Waals surface area contributed by atoms with Crippen LogP contribution in [-0.2, 0) is 24.2 Å². The zero-order chi connectivity index (χ0) is 21.6. The number of rotatable bonds is 8. The molecule has 1 fully saturated rings. The fourth-order valence-electron chi connectivity index (χ4n) is 4.30. The smallest absolute Gasteiger partial charge is 0.307 e. The first-order valence-electron chi connectivity index (χ1n) is 11.1. The van der Waals surface area contributed by atoms with Gasteiger partial charge in [-0.3, -0.25) is 4.79 Å². The Labute approximate surface area is 183 Å². The highest BCUT2D eigenvalue weighted by Crippen LogP contribution is 2.33. The Morgan fingerprint density at radius 2 is 1.90 bits per heavy atom. The average molecular weight is 420 g/mol. The highest BCUT2D eigenvalue weighted by Gasteiger charge is 2.17. The number of benzene rings is 2. The van der Waals surface area contributed by atoms with Crippen molar-refractivity contribution in [3.8, 4) is 17.2 Å². The highest BCUT2D eigenvalue weighted by atomic mass is 16.5. The molecule has 31 heavy (non-hydrogen) atoms. The molecule has 5 nitrogen and oxygen atoms in total. The molecule has 0 amide bonds. The van der Waals surface area contributed by atoms with Gasteiger partial charge in [0.15, 0.2) is 0 Å². The minimum Gasteiger partial charge on any atom is -0.487 e. The van der Waals surface area contributed by atoms with Crippen molar-refractivity contribution >= 4 is 5.97 Å². The van der Waals surface area contributed by atoms with E-state index in [0.717, 1.165) is 23.4 Å². The van der Waals surface area contributed by atoms with Crippen LogP contribution in [0.4, 0.5) is 0 Å². The molecule has 1 saturated carbocycles. The number of hydrogen-bond acceptors (Lipinski definition) is 4. The minimum atomic E-state index is -0.860. The zero-order valence-corrected chi connectivity index (χ0v) is 18.0. The van der Waals surface area contributed by atoms with Gasteiger partial charge >= 0.3 is 5.97 Å². The van der Waals surface area contributed by atoms with Gasteiger partial charge in [0.1, 0.15) is 23.8 Å². The fourth-order valence-corrected chi connectivity index (χ4v) is 4.30. The van der Waals surface area contributed by atoms with E-state index in [2.05, 4.69) is 24.3 Å². The summed E-state index contributed by atoms with van der Waals surface area (Å²) < 4.78 is 11.9. The molecule has 1 aromatic heterocycles. The molecule has 1 aliphatic rings. The van der Waals surface area contributed by atoms with Crippen LogP contribution in [0.1, 0.15) is 67.5 Å². The summed E-state index contributed by atoms with van der Waals surface area (Å²) in [7, 11) is 0. The number of aryl methyl sites for hydroxylation is 1. The summed E-state index contributed by atoms with van der Waals surface area (Å²) in [6.07, 6.45) is 7.29. The third-order valence-electron chi connectivity index (χ3n) is 5.96. The van der Waals surface area contributed by atoms with Gasteiger partial charge in [-0.25, -0.2) is 4.98 Å². The van der Waals surface area contributed by atoms with E-state index in [9.17, 15) is 4.79 Å². The maximum atomic E-state index is 10.9. The van der Waals surface area contributed by atoms with Gasteiger partial charge in [0.05, 0.1) is 6.42 Å². The number of aromatic nitrogens is 1. The number of ether oxygens (including phenoxy) is 1. The topological polar surface area (TPSA) is 72.6 Å². The van der Waals surface area contributed by atoms with Crippen LogP contribution in [0.15, 0.2) is 52.9 Å². The summed E-state index contributed by atoms with van der Waals surface area (Å²) >= 11 is 0. The molecule has 0 radical (unpaired) electrons. The Balaban J connectivity index is 1.46. The summed E-state index contributed by atoms with van der Waals surface area (Å²) in [6.45, 7) is 2.32. The molecular weight excluding hydrogens is 390 g/mol. The predicted molar refractivity (Wildman–Crippen MR) is 119 cm³/mol. The van der Waals surface area contributed by atoms with Crippen LogP contribution in [0.2, 0.25) is 0 Å². The van der Waals surface area contributed by atoms with Crippen molar-refractivity contribution in [1.29, 1.82) is 0 Å². The Morgan fingerprint density at radius 1 is 1.13 bits per heavy atom. The molecule has 1 N–H and O–H groups in total. The normalized spacial score (nSPS) is 14.5. The summed E-state index contributed by atoms with van der Waals surface area (Å²) in [5, 5.41) is 8.97. The van der Waals surface area contributed by atoms with Gasteiger partial charge in [-0.1, -0.05) is 50.5 Å². The molecule has 0 atom stereocenters. The number of nitrogens with zero attached hydrogens (tertiary/aromatic N) is 1. The molecule has 2 aromatic carbocycles. The van der Waals surface area contributed by atoms with E-state index in [1.54, 1.807) is 18.2 Å². The Morgan fingerprint density at radius 3 is 2.61 bits per heavy atom. The number of carboxylic acids is 1. The van der Waals surface area contributed by atoms with Crippen molar-refractivity contribution in [3.05, 3.63) is 71.1 Å². The second-order valence-electron chi connectivity index (χ2n) is 8.21. The Hall–Kier alpha value is -3.08. The second-order valence-corrected chi connectivity index (χ2v) is 8.21. The highest BCUT2D eigenvalue weighted by molar-refractivity contribution is 5.70. The van der Waals surface area contributed by atoms with Gasteiger partial charge in [0, 0.05) is 12.0 Å². The van der Waals surface area contributed by atoms with Crippen LogP contribution in [0.25, 0.3) is 11.5 Å². The van der Waals surface area contributed by atoms with E-state index in [-0.39, 0.29) is 13.0 Å². The molecule has 0 spiro atoms. The molecule has 0 unspecified atom stereocenters. The first kappa shape index (κ1) is 21.2. The van der Waals surface area contributed by atoms with Crippen LogP contribution in [0.3, 0.4) is 0 Å².